The molecule has 0 unspecified atom stereocenters. The molecular formula is C53H37NO. The Morgan fingerprint density at radius 3 is 1.78 bits per heavy atom. The molecule has 0 N–H and O–H groups in total. The van der Waals surface area contributed by atoms with E-state index in [1.807, 2.05) is 0 Å². The molecule has 0 amide bonds. The number of rotatable bonds is 5. The first kappa shape index (κ1) is 31.6. The van der Waals surface area contributed by atoms with Gasteiger partial charge < -0.3 is 9.32 Å². The second-order valence-electron chi connectivity index (χ2n) is 15.3. The summed E-state index contributed by atoms with van der Waals surface area (Å²) < 4.78 is 6.32. The highest BCUT2D eigenvalue weighted by Gasteiger charge is 2.37. The molecule has 0 atom stereocenters. The largest absolute Gasteiger partial charge is 0.456 e. The highest BCUT2D eigenvalue weighted by atomic mass is 16.3. The molecule has 1 aliphatic carbocycles. The summed E-state index contributed by atoms with van der Waals surface area (Å²) in [4.78, 5) is 2.43. The maximum Gasteiger partial charge on any atom is 0.136 e. The third kappa shape index (κ3) is 4.95. The summed E-state index contributed by atoms with van der Waals surface area (Å²) in [5.74, 6) is 0. The van der Waals surface area contributed by atoms with Crippen molar-refractivity contribution in [3.8, 4) is 33.4 Å². The van der Waals surface area contributed by atoms with Crippen molar-refractivity contribution >= 4 is 60.5 Å². The summed E-state index contributed by atoms with van der Waals surface area (Å²) in [6.45, 7) is 4.70. The summed E-state index contributed by atoms with van der Waals surface area (Å²) in [6, 6.07) is 68.5. The molecule has 1 aromatic heterocycles. The number of benzene rings is 9. The Morgan fingerprint density at radius 2 is 1.00 bits per heavy atom. The fraction of sp³-hybridized carbons (Fsp3) is 0.0566. The summed E-state index contributed by atoms with van der Waals surface area (Å²) >= 11 is 0. The van der Waals surface area contributed by atoms with Crippen molar-refractivity contribution < 1.29 is 4.42 Å². The average Bonchev–Trinajstić information content (AvgIpc) is 3.73. The maximum atomic E-state index is 6.32. The van der Waals surface area contributed by atoms with Gasteiger partial charge in [-0.25, -0.2) is 0 Å². The lowest BCUT2D eigenvalue weighted by atomic mass is 9.82. The molecule has 0 saturated carbocycles. The van der Waals surface area contributed by atoms with E-state index < -0.39 is 0 Å². The Hall–Kier alpha value is -6.90. The van der Waals surface area contributed by atoms with Gasteiger partial charge in [0.1, 0.15) is 11.2 Å². The minimum Gasteiger partial charge on any atom is -0.456 e. The van der Waals surface area contributed by atoms with Gasteiger partial charge in [0.2, 0.25) is 0 Å². The fourth-order valence-corrected chi connectivity index (χ4v) is 9.05. The minimum atomic E-state index is -0.0986. The number of nitrogens with zero attached hydrogens (tertiary/aromatic N) is 1. The summed E-state index contributed by atoms with van der Waals surface area (Å²) in [7, 11) is 0. The number of fused-ring (bicyclic) bond motifs is 9. The molecule has 2 nitrogen and oxygen atoms in total. The van der Waals surface area contributed by atoms with Crippen molar-refractivity contribution in [3.63, 3.8) is 0 Å². The predicted octanol–water partition coefficient (Wildman–Crippen LogP) is 15.0. The molecule has 1 aliphatic rings. The van der Waals surface area contributed by atoms with E-state index in [0.29, 0.717) is 0 Å². The zero-order valence-corrected chi connectivity index (χ0v) is 30.8. The summed E-state index contributed by atoms with van der Waals surface area (Å²) in [6.07, 6.45) is 0. The highest BCUT2D eigenvalue weighted by Crippen LogP contribution is 2.54. The second-order valence-corrected chi connectivity index (χ2v) is 15.3. The SMILES string of the molecule is CC1(C)c2ccccc2-c2c(N(c3ccc(-c4ccc5ccccc5c4)cc3)c3ccc(-c4ccc5oc6ccc7ccccc7c6c5c4)cc3)cccc21. The van der Waals surface area contributed by atoms with Gasteiger partial charge in [0.05, 0.1) is 5.69 Å². The Kier molecular flexibility index (Phi) is 6.93. The van der Waals surface area contributed by atoms with Crippen molar-refractivity contribution in [3.05, 3.63) is 199 Å². The zero-order chi connectivity index (χ0) is 36.7. The Labute approximate surface area is 320 Å². The van der Waals surface area contributed by atoms with Crippen LogP contribution in [0, 0.1) is 0 Å². The van der Waals surface area contributed by atoms with Gasteiger partial charge in [-0.3, -0.25) is 0 Å². The lowest BCUT2D eigenvalue weighted by molar-refractivity contribution is 0.660. The van der Waals surface area contributed by atoms with Gasteiger partial charge in [-0.05, 0) is 115 Å². The molecule has 0 radical (unpaired) electrons. The van der Waals surface area contributed by atoms with Crippen molar-refractivity contribution in [2.75, 3.05) is 4.90 Å². The van der Waals surface area contributed by atoms with E-state index in [1.54, 1.807) is 0 Å². The van der Waals surface area contributed by atoms with E-state index in [-0.39, 0.29) is 5.41 Å². The molecular weight excluding hydrogens is 667 g/mol. The van der Waals surface area contributed by atoms with Gasteiger partial charge in [0.25, 0.3) is 0 Å². The van der Waals surface area contributed by atoms with Crippen LogP contribution >= 0.6 is 0 Å². The second kappa shape index (κ2) is 12.1. The van der Waals surface area contributed by atoms with Crippen LogP contribution in [-0.2, 0) is 5.41 Å². The Balaban J connectivity index is 1.04. The standard InChI is InChI=1S/C53H37NO/c1-53(2)46-15-8-7-14-44(46)52-47(53)16-9-17-48(52)54(41-26-20-35(21-27-41)39-19-18-34-10-3-4-12-38(34)32-39)42-28-22-36(23-29-42)40-25-30-49-45(33-40)51-43-13-6-5-11-37(43)24-31-50(51)55-49/h3-33H,1-2H3. The molecule has 0 bridgehead atoms. The molecule has 10 aromatic rings. The molecule has 260 valence electrons. The first-order valence-electron chi connectivity index (χ1n) is 19.1. The lowest BCUT2D eigenvalue weighted by Crippen LogP contribution is -2.16. The monoisotopic (exact) mass is 703 g/mol. The number of hydrogen-bond acceptors (Lipinski definition) is 2. The van der Waals surface area contributed by atoms with Crippen molar-refractivity contribution in [2.24, 2.45) is 0 Å². The quantitative estimate of drug-likeness (QED) is 0.177. The van der Waals surface area contributed by atoms with Crippen LogP contribution < -0.4 is 4.90 Å². The zero-order valence-electron chi connectivity index (χ0n) is 30.8. The van der Waals surface area contributed by atoms with Crippen LogP contribution in [0.25, 0.3) is 76.9 Å². The van der Waals surface area contributed by atoms with Crippen molar-refractivity contribution in [1.82, 2.24) is 0 Å². The molecule has 55 heavy (non-hydrogen) atoms. The minimum absolute atomic E-state index is 0.0986. The number of furan rings is 1. The third-order valence-electron chi connectivity index (χ3n) is 11.9. The first-order chi connectivity index (χ1) is 27.0. The van der Waals surface area contributed by atoms with Crippen LogP contribution in [0.3, 0.4) is 0 Å². The maximum absolute atomic E-state index is 6.32. The van der Waals surface area contributed by atoms with E-state index in [0.717, 1.165) is 39.1 Å². The topological polar surface area (TPSA) is 16.4 Å². The van der Waals surface area contributed by atoms with Crippen LogP contribution in [0.5, 0.6) is 0 Å². The van der Waals surface area contributed by atoms with Crippen LogP contribution in [-0.4, -0.2) is 0 Å². The molecule has 2 heteroatoms. The van der Waals surface area contributed by atoms with E-state index in [1.165, 1.54) is 66.0 Å². The van der Waals surface area contributed by atoms with Gasteiger partial charge in [-0.2, -0.15) is 0 Å². The van der Waals surface area contributed by atoms with Crippen molar-refractivity contribution in [2.45, 2.75) is 19.3 Å². The Bertz CT molecular complexity index is 3110. The van der Waals surface area contributed by atoms with Gasteiger partial charge >= 0.3 is 0 Å². The van der Waals surface area contributed by atoms with Crippen LogP contribution in [0.4, 0.5) is 17.1 Å². The van der Waals surface area contributed by atoms with Crippen molar-refractivity contribution in [1.29, 1.82) is 0 Å². The molecule has 9 aromatic carbocycles. The van der Waals surface area contributed by atoms with Crippen LogP contribution in [0.1, 0.15) is 25.0 Å². The van der Waals surface area contributed by atoms with E-state index >= 15 is 0 Å². The van der Waals surface area contributed by atoms with E-state index in [9.17, 15) is 0 Å². The first-order valence-corrected chi connectivity index (χ1v) is 19.1. The fourth-order valence-electron chi connectivity index (χ4n) is 9.05. The molecule has 0 spiro atoms. The Morgan fingerprint density at radius 1 is 0.418 bits per heavy atom. The molecule has 0 saturated heterocycles. The lowest BCUT2D eigenvalue weighted by Gasteiger charge is -2.29. The van der Waals surface area contributed by atoms with Gasteiger partial charge in [0.15, 0.2) is 0 Å². The van der Waals surface area contributed by atoms with Crippen LogP contribution in [0.2, 0.25) is 0 Å². The molecule has 0 fully saturated rings. The van der Waals surface area contributed by atoms with Crippen LogP contribution in [0.15, 0.2) is 192 Å². The molecule has 0 aliphatic heterocycles. The molecule has 11 rings (SSSR count). The smallest absolute Gasteiger partial charge is 0.136 e. The summed E-state index contributed by atoms with van der Waals surface area (Å²) in [5, 5.41) is 7.25. The van der Waals surface area contributed by atoms with Gasteiger partial charge in [0, 0.05) is 33.1 Å². The van der Waals surface area contributed by atoms with E-state index in [2.05, 4.69) is 207 Å². The summed E-state index contributed by atoms with van der Waals surface area (Å²) in [5.41, 5.74) is 15.2. The normalized spacial score (nSPS) is 13.1. The highest BCUT2D eigenvalue weighted by molar-refractivity contribution is 6.19. The number of anilines is 3. The van der Waals surface area contributed by atoms with E-state index in [4.69, 9.17) is 4.42 Å². The predicted molar refractivity (Wildman–Crippen MR) is 232 cm³/mol. The molecule has 1 heterocycles. The van der Waals surface area contributed by atoms with Gasteiger partial charge in [-0.15, -0.1) is 0 Å². The number of hydrogen-bond donors (Lipinski definition) is 0. The average molecular weight is 704 g/mol. The van der Waals surface area contributed by atoms with Gasteiger partial charge in [-0.1, -0.05) is 147 Å². The third-order valence-corrected chi connectivity index (χ3v) is 11.9.